The number of aromatic carboxylic acids is 2. The van der Waals surface area contributed by atoms with E-state index in [9.17, 15) is 13.8 Å². The van der Waals surface area contributed by atoms with E-state index in [2.05, 4.69) is 4.18 Å². The van der Waals surface area contributed by atoms with Crippen LogP contribution in [-0.4, -0.2) is 30.9 Å². The highest BCUT2D eigenvalue weighted by Gasteiger charge is 2.17. The van der Waals surface area contributed by atoms with Gasteiger partial charge in [0.15, 0.2) is 0 Å². The van der Waals surface area contributed by atoms with Gasteiger partial charge in [-0.25, -0.2) is 9.59 Å². The minimum Gasteiger partial charge on any atom is -0.478 e. The van der Waals surface area contributed by atoms with Gasteiger partial charge in [0, 0.05) is 0 Å². The van der Waals surface area contributed by atoms with Gasteiger partial charge in [-0.05, 0) is 18.2 Å². The zero-order chi connectivity index (χ0) is 12.3. The maximum absolute atomic E-state index is 10.7. The topological polar surface area (TPSA) is 121 Å². The lowest BCUT2D eigenvalue weighted by Crippen LogP contribution is -2.08. The van der Waals surface area contributed by atoms with Crippen LogP contribution in [-0.2, 0) is 11.4 Å². The molecule has 0 aliphatic carbocycles. The van der Waals surface area contributed by atoms with E-state index < -0.39 is 34.4 Å². The third kappa shape index (κ3) is 2.78. The molecule has 0 saturated carbocycles. The smallest absolute Gasteiger partial charge is 0.357 e. The van der Waals surface area contributed by atoms with Gasteiger partial charge in [-0.15, -0.1) is 0 Å². The van der Waals surface area contributed by atoms with Gasteiger partial charge in [0.2, 0.25) is 0 Å². The monoisotopic (exact) mass is 246 g/mol. The summed E-state index contributed by atoms with van der Waals surface area (Å²) in [7, 11) is 0. The van der Waals surface area contributed by atoms with Crippen molar-refractivity contribution < 1.29 is 32.7 Å². The van der Waals surface area contributed by atoms with Crippen LogP contribution in [0.2, 0.25) is 0 Å². The van der Waals surface area contributed by atoms with Crippen molar-refractivity contribution in [2.45, 2.75) is 0 Å². The molecule has 0 aliphatic rings. The molecule has 0 fully saturated rings. The van der Waals surface area contributed by atoms with Crippen LogP contribution in [0.1, 0.15) is 20.7 Å². The van der Waals surface area contributed by atoms with E-state index in [-0.39, 0.29) is 5.75 Å². The molecule has 3 N–H and O–H groups in total. The van der Waals surface area contributed by atoms with Crippen molar-refractivity contribution in [1.82, 2.24) is 0 Å². The second-order valence-corrected chi connectivity index (χ2v) is 3.22. The van der Waals surface area contributed by atoms with Crippen molar-refractivity contribution in [2.75, 3.05) is 0 Å². The standard InChI is InChI=1S/C8H6O7S/c9-7(10)5-2-1-4(15-16(13)14)3-6(5)8(11)12/h1-3H,(H,9,10)(H,11,12)(H,13,14). The van der Waals surface area contributed by atoms with E-state index in [1.54, 1.807) is 0 Å². The number of hydrogen-bond donors (Lipinski definition) is 3. The van der Waals surface area contributed by atoms with Crippen molar-refractivity contribution in [1.29, 1.82) is 0 Å². The molecule has 0 saturated heterocycles. The second-order valence-electron chi connectivity index (χ2n) is 2.62. The van der Waals surface area contributed by atoms with Gasteiger partial charge in [0.05, 0.1) is 11.1 Å². The van der Waals surface area contributed by atoms with Gasteiger partial charge in [0.25, 0.3) is 0 Å². The lowest BCUT2D eigenvalue weighted by atomic mass is 10.1. The zero-order valence-corrected chi connectivity index (χ0v) is 8.43. The lowest BCUT2D eigenvalue weighted by molar-refractivity contribution is 0.0651. The average Bonchev–Trinajstić information content (AvgIpc) is 2.16. The Bertz CT molecular complexity index is 467. The maximum Gasteiger partial charge on any atom is 0.357 e. The van der Waals surface area contributed by atoms with Crippen LogP contribution < -0.4 is 4.18 Å². The number of benzene rings is 1. The molecule has 7 nitrogen and oxygen atoms in total. The number of carbonyl (C=O) groups is 2. The molecule has 0 spiro atoms. The van der Waals surface area contributed by atoms with Gasteiger partial charge >= 0.3 is 23.3 Å². The first kappa shape index (κ1) is 12.1. The normalized spacial score (nSPS) is 11.8. The fourth-order valence-corrected chi connectivity index (χ4v) is 1.29. The number of carboxylic acids is 2. The van der Waals surface area contributed by atoms with Gasteiger partial charge < -0.3 is 14.4 Å². The Balaban J connectivity index is 3.22. The fraction of sp³-hybridized carbons (Fsp3) is 0. The molecule has 16 heavy (non-hydrogen) atoms. The quantitative estimate of drug-likeness (QED) is 0.665. The molecule has 0 aromatic heterocycles. The molecule has 1 atom stereocenters. The van der Waals surface area contributed by atoms with Crippen LogP contribution in [0.15, 0.2) is 18.2 Å². The van der Waals surface area contributed by atoms with Crippen molar-refractivity contribution >= 4 is 23.3 Å². The summed E-state index contributed by atoms with van der Waals surface area (Å²) in [6.45, 7) is 0. The van der Waals surface area contributed by atoms with Gasteiger partial charge in [-0.1, -0.05) is 0 Å². The Kier molecular flexibility index (Phi) is 3.59. The molecular weight excluding hydrogens is 240 g/mol. The molecule has 1 unspecified atom stereocenters. The first-order chi connectivity index (χ1) is 7.41. The Morgan fingerprint density at radius 2 is 1.69 bits per heavy atom. The molecule has 1 aromatic carbocycles. The molecule has 8 heteroatoms. The Hall–Kier alpha value is -1.93. The summed E-state index contributed by atoms with van der Waals surface area (Å²) in [6, 6.07) is 2.93. The fourth-order valence-electron chi connectivity index (χ4n) is 1.02. The highest BCUT2D eigenvalue weighted by atomic mass is 32.2. The summed E-state index contributed by atoms with van der Waals surface area (Å²) in [5, 5.41) is 17.4. The first-order valence-corrected chi connectivity index (χ1v) is 4.85. The average molecular weight is 246 g/mol. The van der Waals surface area contributed by atoms with Crippen LogP contribution in [0, 0.1) is 0 Å². The molecule has 1 aromatic rings. The largest absolute Gasteiger partial charge is 0.478 e. The van der Waals surface area contributed by atoms with Gasteiger partial charge in [-0.3, -0.25) is 4.55 Å². The highest BCUT2D eigenvalue weighted by Crippen LogP contribution is 2.18. The van der Waals surface area contributed by atoms with Crippen LogP contribution >= 0.6 is 0 Å². The Morgan fingerprint density at radius 1 is 1.12 bits per heavy atom. The van der Waals surface area contributed by atoms with E-state index in [0.29, 0.717) is 0 Å². The maximum atomic E-state index is 10.7. The minimum atomic E-state index is -2.60. The van der Waals surface area contributed by atoms with Crippen molar-refractivity contribution in [3.8, 4) is 5.75 Å². The van der Waals surface area contributed by atoms with E-state index in [4.69, 9.17) is 14.8 Å². The second kappa shape index (κ2) is 4.73. The summed E-state index contributed by atoms with van der Waals surface area (Å²) in [5.41, 5.74) is -0.945. The number of hydrogen-bond acceptors (Lipinski definition) is 4. The van der Waals surface area contributed by atoms with Crippen LogP contribution in [0.25, 0.3) is 0 Å². The van der Waals surface area contributed by atoms with E-state index in [1.807, 2.05) is 0 Å². The minimum absolute atomic E-state index is 0.205. The van der Waals surface area contributed by atoms with Crippen molar-refractivity contribution in [3.63, 3.8) is 0 Å². The highest BCUT2D eigenvalue weighted by molar-refractivity contribution is 7.74. The molecule has 86 valence electrons. The lowest BCUT2D eigenvalue weighted by Gasteiger charge is -2.04. The van der Waals surface area contributed by atoms with E-state index in [1.165, 1.54) is 0 Å². The Morgan fingerprint density at radius 3 is 2.12 bits per heavy atom. The summed E-state index contributed by atoms with van der Waals surface area (Å²) in [5.74, 6) is -3.08. The first-order valence-electron chi connectivity index (χ1n) is 3.81. The predicted molar refractivity (Wildman–Crippen MR) is 51.8 cm³/mol. The number of rotatable bonds is 4. The van der Waals surface area contributed by atoms with Crippen LogP contribution in [0.4, 0.5) is 0 Å². The number of carboxylic acid groups (broad SMARTS) is 2. The SMILES string of the molecule is O=C(O)c1ccc(OS(=O)O)cc1C(=O)O. The van der Waals surface area contributed by atoms with E-state index >= 15 is 0 Å². The van der Waals surface area contributed by atoms with Crippen molar-refractivity contribution in [2.24, 2.45) is 0 Å². The summed E-state index contributed by atoms with van der Waals surface area (Å²) >= 11 is -2.60. The molecule has 1 rings (SSSR count). The van der Waals surface area contributed by atoms with Crippen LogP contribution in [0.5, 0.6) is 5.75 Å². The molecule has 0 radical (unpaired) electrons. The van der Waals surface area contributed by atoms with Crippen molar-refractivity contribution in [3.05, 3.63) is 29.3 Å². The van der Waals surface area contributed by atoms with Gasteiger partial charge in [-0.2, -0.15) is 4.21 Å². The third-order valence-electron chi connectivity index (χ3n) is 1.62. The molecular formula is C8H6O7S. The summed E-state index contributed by atoms with van der Waals surface area (Å²) < 4.78 is 23.0. The zero-order valence-electron chi connectivity index (χ0n) is 7.61. The van der Waals surface area contributed by atoms with Gasteiger partial charge in [0.1, 0.15) is 5.75 Å². The summed E-state index contributed by atoms with van der Waals surface area (Å²) in [4.78, 5) is 21.4. The third-order valence-corrected chi connectivity index (χ3v) is 1.95. The Labute approximate surface area is 91.8 Å². The molecule has 0 bridgehead atoms. The molecule has 0 amide bonds. The van der Waals surface area contributed by atoms with Crippen LogP contribution in [0.3, 0.4) is 0 Å². The predicted octanol–water partition coefficient (Wildman–Crippen LogP) is 0.599. The van der Waals surface area contributed by atoms with E-state index in [0.717, 1.165) is 18.2 Å². The molecule has 0 aliphatic heterocycles. The summed E-state index contributed by atoms with van der Waals surface area (Å²) in [6.07, 6.45) is 0. The molecule has 0 heterocycles.